The first-order valence-corrected chi connectivity index (χ1v) is 11.6. The summed E-state index contributed by atoms with van der Waals surface area (Å²) in [6, 6.07) is 10.9. The van der Waals surface area contributed by atoms with Gasteiger partial charge in [-0.2, -0.15) is 9.29 Å². The maximum atomic E-state index is 12.7. The number of carbonyl (C=O) groups is 1. The molecule has 0 aliphatic carbocycles. The molecule has 2 aromatic carbocycles. The number of carbonyl (C=O) groups excluding carboxylic acids is 1. The molecule has 9 nitrogen and oxygen atoms in total. The maximum Gasteiger partial charge on any atom is 0.340 e. The Morgan fingerprint density at radius 2 is 1.81 bits per heavy atom. The third kappa shape index (κ3) is 5.09. The summed E-state index contributed by atoms with van der Waals surface area (Å²) in [7, 11) is -2.19. The van der Waals surface area contributed by atoms with Crippen molar-refractivity contribution < 1.29 is 27.2 Å². The molecule has 1 aromatic heterocycles. The SMILES string of the molecule is CCN(CC)S(=O)(=O)c1ccc(Cl)c(C(=O)OCc2nc(-c3ccc(OC)cc3)no2)c1. The Bertz CT molecular complexity index is 1190. The zero-order chi connectivity index (χ0) is 23.3. The molecule has 0 spiro atoms. The Balaban J connectivity index is 1.73. The molecule has 0 amide bonds. The fraction of sp³-hybridized carbons (Fsp3) is 0.286. The van der Waals surface area contributed by atoms with E-state index in [0.717, 1.165) is 0 Å². The van der Waals surface area contributed by atoms with Gasteiger partial charge in [-0.3, -0.25) is 0 Å². The molecule has 0 aliphatic rings. The van der Waals surface area contributed by atoms with Gasteiger partial charge in [-0.1, -0.05) is 30.6 Å². The molecule has 0 unspecified atom stereocenters. The largest absolute Gasteiger partial charge is 0.497 e. The molecule has 32 heavy (non-hydrogen) atoms. The number of benzene rings is 2. The van der Waals surface area contributed by atoms with Gasteiger partial charge in [0.15, 0.2) is 6.61 Å². The van der Waals surface area contributed by atoms with Crippen molar-refractivity contribution in [1.82, 2.24) is 14.4 Å². The third-order valence-electron chi connectivity index (χ3n) is 4.64. The first-order valence-electron chi connectivity index (χ1n) is 9.74. The van der Waals surface area contributed by atoms with Gasteiger partial charge in [-0.25, -0.2) is 13.2 Å². The van der Waals surface area contributed by atoms with Crippen molar-refractivity contribution in [2.75, 3.05) is 20.2 Å². The van der Waals surface area contributed by atoms with E-state index in [1.54, 1.807) is 45.2 Å². The molecule has 3 aromatic rings. The lowest BCUT2D eigenvalue weighted by atomic mass is 10.2. The van der Waals surface area contributed by atoms with Gasteiger partial charge in [-0.15, -0.1) is 0 Å². The first-order chi connectivity index (χ1) is 15.3. The van der Waals surface area contributed by atoms with Crippen LogP contribution in [0.25, 0.3) is 11.4 Å². The minimum Gasteiger partial charge on any atom is -0.497 e. The standard InChI is InChI=1S/C21H22ClN3O6S/c1-4-25(5-2)32(27,28)16-10-11-18(22)17(12-16)21(26)30-13-19-23-20(24-31-19)14-6-8-15(29-3)9-7-14/h6-12H,4-5,13H2,1-3H3. The predicted octanol–water partition coefficient (Wildman–Crippen LogP) is 3.79. The summed E-state index contributed by atoms with van der Waals surface area (Å²) in [6.07, 6.45) is 0. The van der Waals surface area contributed by atoms with E-state index in [9.17, 15) is 13.2 Å². The minimum absolute atomic E-state index is 0.0443. The lowest BCUT2D eigenvalue weighted by molar-refractivity contribution is 0.0429. The van der Waals surface area contributed by atoms with Crippen LogP contribution in [0.1, 0.15) is 30.1 Å². The summed E-state index contributed by atoms with van der Waals surface area (Å²) < 4.78 is 42.2. The molecule has 0 N–H and O–H groups in total. The van der Waals surface area contributed by atoms with Crippen LogP contribution in [0.15, 0.2) is 51.9 Å². The monoisotopic (exact) mass is 479 g/mol. The van der Waals surface area contributed by atoms with Crippen LogP contribution in [0, 0.1) is 0 Å². The highest BCUT2D eigenvalue weighted by Crippen LogP contribution is 2.24. The number of aromatic nitrogens is 2. The van der Waals surface area contributed by atoms with E-state index in [0.29, 0.717) is 30.2 Å². The topological polar surface area (TPSA) is 112 Å². The quantitative estimate of drug-likeness (QED) is 0.426. The van der Waals surface area contributed by atoms with Crippen LogP contribution in [0.4, 0.5) is 0 Å². The Kier molecular flexibility index (Phi) is 7.49. The van der Waals surface area contributed by atoms with Crippen LogP contribution in [0.3, 0.4) is 0 Å². The summed E-state index contributed by atoms with van der Waals surface area (Å²) in [5.74, 6) is 0.278. The van der Waals surface area contributed by atoms with E-state index in [4.69, 9.17) is 25.6 Å². The number of nitrogens with zero attached hydrogens (tertiary/aromatic N) is 3. The second kappa shape index (κ2) is 10.1. The van der Waals surface area contributed by atoms with E-state index in [-0.39, 0.29) is 28.0 Å². The van der Waals surface area contributed by atoms with E-state index in [1.165, 1.54) is 22.5 Å². The summed E-state index contributed by atoms with van der Waals surface area (Å²) in [4.78, 5) is 16.7. The first kappa shape index (κ1) is 23.7. The van der Waals surface area contributed by atoms with Crippen molar-refractivity contribution in [1.29, 1.82) is 0 Å². The molecule has 3 rings (SSSR count). The second-order valence-electron chi connectivity index (χ2n) is 6.55. The van der Waals surface area contributed by atoms with Crippen molar-refractivity contribution in [3.8, 4) is 17.1 Å². The lowest BCUT2D eigenvalue weighted by Gasteiger charge is -2.18. The number of hydrogen-bond donors (Lipinski definition) is 0. The summed E-state index contributed by atoms with van der Waals surface area (Å²) >= 11 is 6.11. The Hall–Kier alpha value is -2.95. The normalized spacial score (nSPS) is 11.5. The zero-order valence-corrected chi connectivity index (χ0v) is 19.3. The summed E-state index contributed by atoms with van der Waals surface area (Å²) in [5, 5.41) is 3.93. The van der Waals surface area contributed by atoms with Crippen molar-refractivity contribution in [2.24, 2.45) is 0 Å². The number of halogens is 1. The van der Waals surface area contributed by atoms with Gasteiger partial charge in [0, 0.05) is 18.7 Å². The molecule has 170 valence electrons. The van der Waals surface area contributed by atoms with Crippen molar-refractivity contribution >= 4 is 27.6 Å². The maximum absolute atomic E-state index is 12.7. The fourth-order valence-electron chi connectivity index (χ4n) is 2.91. The third-order valence-corrected chi connectivity index (χ3v) is 7.02. The smallest absolute Gasteiger partial charge is 0.340 e. The molecule has 0 fully saturated rings. The van der Waals surface area contributed by atoms with E-state index >= 15 is 0 Å². The number of rotatable bonds is 9. The van der Waals surface area contributed by atoms with Gasteiger partial charge >= 0.3 is 5.97 Å². The number of esters is 1. The molecule has 0 radical (unpaired) electrons. The van der Waals surface area contributed by atoms with Gasteiger partial charge < -0.3 is 14.0 Å². The molecule has 0 atom stereocenters. The van der Waals surface area contributed by atoms with Gasteiger partial charge in [0.05, 0.1) is 22.6 Å². The van der Waals surface area contributed by atoms with Crippen molar-refractivity contribution in [3.63, 3.8) is 0 Å². The Labute approximate surface area is 190 Å². The summed E-state index contributed by atoms with van der Waals surface area (Å²) in [6.45, 7) is 3.77. The molecule has 0 saturated carbocycles. The van der Waals surface area contributed by atoms with E-state index < -0.39 is 16.0 Å². The highest BCUT2D eigenvalue weighted by molar-refractivity contribution is 7.89. The van der Waals surface area contributed by atoms with E-state index in [2.05, 4.69) is 10.1 Å². The van der Waals surface area contributed by atoms with Crippen molar-refractivity contribution in [2.45, 2.75) is 25.3 Å². The zero-order valence-electron chi connectivity index (χ0n) is 17.7. The minimum atomic E-state index is -3.76. The Morgan fingerprint density at radius 1 is 1.12 bits per heavy atom. The molecule has 1 heterocycles. The van der Waals surface area contributed by atoms with Crippen LogP contribution in [-0.4, -0.2) is 49.0 Å². The van der Waals surface area contributed by atoms with Crippen LogP contribution >= 0.6 is 11.6 Å². The number of sulfonamides is 1. The van der Waals surface area contributed by atoms with Crippen LogP contribution in [0.5, 0.6) is 5.75 Å². The molecule has 0 bridgehead atoms. The molecule has 11 heteroatoms. The number of ether oxygens (including phenoxy) is 2. The predicted molar refractivity (Wildman–Crippen MR) is 117 cm³/mol. The lowest BCUT2D eigenvalue weighted by Crippen LogP contribution is -2.30. The average Bonchev–Trinajstić information content (AvgIpc) is 3.27. The molecule has 0 aliphatic heterocycles. The fourth-order valence-corrected chi connectivity index (χ4v) is 4.59. The van der Waals surface area contributed by atoms with Crippen LogP contribution < -0.4 is 4.74 Å². The van der Waals surface area contributed by atoms with Gasteiger partial charge in [0.25, 0.3) is 5.89 Å². The van der Waals surface area contributed by atoms with Gasteiger partial charge in [0.2, 0.25) is 15.8 Å². The Morgan fingerprint density at radius 3 is 2.44 bits per heavy atom. The molecular formula is C21H22ClN3O6S. The molecule has 0 saturated heterocycles. The average molecular weight is 480 g/mol. The highest BCUT2D eigenvalue weighted by atomic mass is 35.5. The van der Waals surface area contributed by atoms with Gasteiger partial charge in [-0.05, 0) is 42.5 Å². The molecular weight excluding hydrogens is 458 g/mol. The van der Waals surface area contributed by atoms with Crippen molar-refractivity contribution in [3.05, 3.63) is 58.9 Å². The highest BCUT2D eigenvalue weighted by Gasteiger charge is 2.24. The van der Waals surface area contributed by atoms with Gasteiger partial charge in [0.1, 0.15) is 5.75 Å². The van der Waals surface area contributed by atoms with Crippen LogP contribution in [0.2, 0.25) is 5.02 Å². The number of methoxy groups -OCH3 is 1. The number of hydrogen-bond acceptors (Lipinski definition) is 8. The van der Waals surface area contributed by atoms with E-state index in [1.807, 2.05) is 0 Å². The van der Waals surface area contributed by atoms with Crippen LogP contribution in [-0.2, 0) is 21.4 Å². The summed E-state index contributed by atoms with van der Waals surface area (Å²) in [5.41, 5.74) is 0.624. The second-order valence-corrected chi connectivity index (χ2v) is 8.89.